The number of carbonyl (C=O) groups excluding carboxylic acids is 1. The molecule has 1 aromatic heterocycles. The predicted molar refractivity (Wildman–Crippen MR) is 88.3 cm³/mol. The molecule has 1 aromatic carbocycles. The second-order valence-electron chi connectivity index (χ2n) is 5.97. The Labute approximate surface area is 131 Å². The Hall–Kier alpha value is -2.30. The second-order valence-corrected chi connectivity index (χ2v) is 5.97. The maximum absolute atomic E-state index is 12.2. The number of rotatable bonds is 5. The van der Waals surface area contributed by atoms with E-state index in [2.05, 4.69) is 29.4 Å². The summed E-state index contributed by atoms with van der Waals surface area (Å²) in [7, 11) is 1.80. The Balaban J connectivity index is 2.05. The van der Waals surface area contributed by atoms with E-state index in [1.165, 1.54) is 0 Å². The van der Waals surface area contributed by atoms with Gasteiger partial charge in [0.25, 0.3) is 0 Å². The molecule has 22 heavy (non-hydrogen) atoms. The maximum atomic E-state index is 12.2. The van der Waals surface area contributed by atoms with E-state index in [1.807, 2.05) is 37.3 Å². The first-order valence-corrected chi connectivity index (χ1v) is 7.58. The molecule has 1 atom stereocenters. The van der Waals surface area contributed by atoms with Crippen molar-refractivity contribution >= 4 is 6.03 Å². The fourth-order valence-electron chi connectivity index (χ4n) is 2.08. The molecule has 118 valence electrons. The lowest BCUT2D eigenvalue weighted by Crippen LogP contribution is -2.43. The van der Waals surface area contributed by atoms with Crippen LogP contribution >= 0.6 is 0 Å². The number of nitrogens with one attached hydrogen (secondary N) is 2. The first-order chi connectivity index (χ1) is 10.5. The van der Waals surface area contributed by atoms with Gasteiger partial charge in [-0.15, -0.1) is 0 Å². The van der Waals surface area contributed by atoms with Crippen LogP contribution in [-0.4, -0.2) is 34.2 Å². The molecule has 1 unspecified atom stereocenters. The molecule has 2 aromatic rings. The molecular formula is C17H24N4O. The van der Waals surface area contributed by atoms with E-state index in [-0.39, 0.29) is 12.1 Å². The van der Waals surface area contributed by atoms with Gasteiger partial charge in [-0.25, -0.2) is 4.79 Å². The monoisotopic (exact) mass is 300 g/mol. The van der Waals surface area contributed by atoms with Gasteiger partial charge in [0, 0.05) is 18.7 Å². The van der Waals surface area contributed by atoms with Crippen molar-refractivity contribution in [3.05, 3.63) is 42.1 Å². The number of aromatic nitrogens is 2. The number of hydrogen-bond acceptors (Lipinski definition) is 2. The smallest absolute Gasteiger partial charge is 0.317 e. The Morgan fingerprint density at radius 1 is 1.27 bits per heavy atom. The summed E-state index contributed by atoms with van der Waals surface area (Å²) in [6.45, 7) is 6.71. The van der Waals surface area contributed by atoms with Crippen LogP contribution in [0, 0.1) is 5.92 Å². The van der Waals surface area contributed by atoms with Gasteiger partial charge in [0.2, 0.25) is 0 Å². The average molecular weight is 300 g/mol. The van der Waals surface area contributed by atoms with Crippen molar-refractivity contribution in [3.63, 3.8) is 0 Å². The van der Waals surface area contributed by atoms with Crippen LogP contribution in [0.5, 0.6) is 0 Å². The van der Waals surface area contributed by atoms with Gasteiger partial charge in [0.1, 0.15) is 0 Å². The fraction of sp³-hybridized carbons (Fsp3) is 0.412. The van der Waals surface area contributed by atoms with Gasteiger partial charge < -0.3 is 10.2 Å². The van der Waals surface area contributed by atoms with Crippen LogP contribution in [0.3, 0.4) is 0 Å². The van der Waals surface area contributed by atoms with Crippen molar-refractivity contribution in [1.29, 1.82) is 0 Å². The Morgan fingerprint density at radius 2 is 1.95 bits per heavy atom. The zero-order valence-electron chi connectivity index (χ0n) is 13.6. The molecule has 0 fully saturated rings. The number of aromatic amines is 1. The van der Waals surface area contributed by atoms with Crippen LogP contribution in [-0.2, 0) is 6.54 Å². The molecule has 2 N–H and O–H groups in total. The highest BCUT2D eigenvalue weighted by atomic mass is 16.2. The van der Waals surface area contributed by atoms with Crippen molar-refractivity contribution in [2.45, 2.75) is 33.4 Å². The molecule has 0 aliphatic rings. The molecular weight excluding hydrogens is 276 g/mol. The highest BCUT2D eigenvalue weighted by molar-refractivity contribution is 5.74. The normalized spacial score (nSPS) is 12.2. The molecule has 5 nitrogen and oxygen atoms in total. The lowest BCUT2D eigenvalue weighted by atomic mass is 10.1. The van der Waals surface area contributed by atoms with E-state index in [4.69, 9.17) is 0 Å². The number of hydrogen-bond donors (Lipinski definition) is 2. The minimum Gasteiger partial charge on any atom is -0.335 e. The first-order valence-electron chi connectivity index (χ1n) is 7.58. The number of benzene rings is 1. The molecule has 0 aliphatic carbocycles. The average Bonchev–Trinajstić information content (AvgIpc) is 2.96. The standard InChI is InChI=1S/C17H24N4O/c1-12(2)13(3)19-17(22)21(4)11-15-10-18-20-16(15)14-8-6-5-7-9-14/h5-10,12-13H,11H2,1-4H3,(H,18,20)(H,19,22). The highest BCUT2D eigenvalue weighted by Gasteiger charge is 2.16. The highest BCUT2D eigenvalue weighted by Crippen LogP contribution is 2.21. The third-order valence-electron chi connectivity index (χ3n) is 3.89. The largest absolute Gasteiger partial charge is 0.335 e. The molecule has 1 heterocycles. The minimum atomic E-state index is -0.0681. The molecule has 0 radical (unpaired) electrons. The van der Waals surface area contributed by atoms with Crippen LogP contribution in [0.15, 0.2) is 36.5 Å². The Morgan fingerprint density at radius 3 is 2.59 bits per heavy atom. The summed E-state index contributed by atoms with van der Waals surface area (Å²) < 4.78 is 0. The van der Waals surface area contributed by atoms with Crippen LogP contribution in [0.2, 0.25) is 0 Å². The van der Waals surface area contributed by atoms with Crippen molar-refractivity contribution in [2.75, 3.05) is 7.05 Å². The third-order valence-corrected chi connectivity index (χ3v) is 3.89. The summed E-state index contributed by atoms with van der Waals surface area (Å²) in [5, 5.41) is 10.1. The van der Waals surface area contributed by atoms with Gasteiger partial charge in [0.15, 0.2) is 0 Å². The summed E-state index contributed by atoms with van der Waals surface area (Å²) in [4.78, 5) is 13.9. The van der Waals surface area contributed by atoms with Crippen LogP contribution in [0.25, 0.3) is 11.3 Å². The summed E-state index contributed by atoms with van der Waals surface area (Å²) in [6, 6.07) is 10.1. The van der Waals surface area contributed by atoms with Crippen LogP contribution < -0.4 is 5.32 Å². The van der Waals surface area contributed by atoms with Gasteiger partial charge in [-0.2, -0.15) is 5.10 Å². The molecule has 0 spiro atoms. The zero-order valence-corrected chi connectivity index (χ0v) is 13.6. The number of urea groups is 1. The zero-order chi connectivity index (χ0) is 16.1. The molecule has 2 rings (SSSR count). The Kier molecular flexibility index (Phi) is 5.20. The summed E-state index contributed by atoms with van der Waals surface area (Å²) in [6.07, 6.45) is 1.78. The summed E-state index contributed by atoms with van der Waals surface area (Å²) in [5.74, 6) is 0.408. The number of carbonyl (C=O) groups is 1. The van der Waals surface area contributed by atoms with Gasteiger partial charge >= 0.3 is 6.03 Å². The third kappa shape index (κ3) is 3.87. The second kappa shape index (κ2) is 7.11. The Bertz CT molecular complexity index is 606. The van der Waals surface area contributed by atoms with E-state index >= 15 is 0 Å². The molecule has 5 heteroatoms. The molecule has 0 bridgehead atoms. The first kappa shape index (κ1) is 16.1. The van der Waals surface area contributed by atoms with Crippen molar-refractivity contribution in [2.24, 2.45) is 5.92 Å². The molecule has 0 aliphatic heterocycles. The van der Waals surface area contributed by atoms with Crippen molar-refractivity contribution in [1.82, 2.24) is 20.4 Å². The number of nitrogens with zero attached hydrogens (tertiary/aromatic N) is 2. The van der Waals surface area contributed by atoms with E-state index in [0.29, 0.717) is 12.5 Å². The van der Waals surface area contributed by atoms with E-state index in [9.17, 15) is 4.79 Å². The van der Waals surface area contributed by atoms with Gasteiger partial charge in [-0.1, -0.05) is 44.2 Å². The fourth-order valence-corrected chi connectivity index (χ4v) is 2.08. The topological polar surface area (TPSA) is 61.0 Å². The van der Waals surface area contributed by atoms with E-state index in [1.54, 1.807) is 18.1 Å². The van der Waals surface area contributed by atoms with Crippen LogP contribution in [0.1, 0.15) is 26.3 Å². The predicted octanol–water partition coefficient (Wildman–Crippen LogP) is 3.26. The van der Waals surface area contributed by atoms with Gasteiger partial charge in [-0.05, 0) is 18.4 Å². The summed E-state index contributed by atoms with van der Waals surface area (Å²) >= 11 is 0. The van der Waals surface area contributed by atoms with E-state index in [0.717, 1.165) is 16.8 Å². The van der Waals surface area contributed by atoms with Gasteiger partial charge in [-0.3, -0.25) is 5.10 Å². The minimum absolute atomic E-state index is 0.0681. The quantitative estimate of drug-likeness (QED) is 0.890. The molecule has 2 amide bonds. The lowest BCUT2D eigenvalue weighted by Gasteiger charge is -2.23. The van der Waals surface area contributed by atoms with Crippen molar-refractivity contribution in [3.8, 4) is 11.3 Å². The van der Waals surface area contributed by atoms with E-state index < -0.39 is 0 Å². The van der Waals surface area contributed by atoms with Crippen LogP contribution in [0.4, 0.5) is 4.79 Å². The number of amides is 2. The maximum Gasteiger partial charge on any atom is 0.317 e. The van der Waals surface area contributed by atoms with Crippen molar-refractivity contribution < 1.29 is 4.79 Å². The lowest BCUT2D eigenvalue weighted by molar-refractivity contribution is 0.200. The SMILES string of the molecule is CC(C)C(C)NC(=O)N(C)Cc1cn[nH]c1-c1ccccc1. The van der Waals surface area contributed by atoms with Gasteiger partial charge in [0.05, 0.1) is 18.4 Å². The molecule has 0 saturated carbocycles. The number of H-pyrrole nitrogens is 1. The molecule has 0 saturated heterocycles. The summed E-state index contributed by atoms with van der Waals surface area (Å²) in [5.41, 5.74) is 3.03.